The second-order valence-corrected chi connectivity index (χ2v) is 11.2. The van der Waals surface area contributed by atoms with Gasteiger partial charge in [0.15, 0.2) is 0 Å². The number of aliphatic hydroxyl groups excluding tert-OH is 1. The molecule has 2 N–H and O–H groups in total. The summed E-state index contributed by atoms with van der Waals surface area (Å²) >= 11 is 0. The molecular formula is C27H38N6O4. The van der Waals surface area contributed by atoms with Crippen molar-refractivity contribution in [3.8, 4) is 0 Å². The Labute approximate surface area is 218 Å². The molecular weight excluding hydrogens is 472 g/mol. The molecule has 2 aromatic rings. The van der Waals surface area contributed by atoms with Gasteiger partial charge in [0, 0.05) is 38.2 Å². The number of carbonyl (C=O) groups excluding carboxylic acids is 3. The van der Waals surface area contributed by atoms with E-state index in [1.165, 1.54) is 4.90 Å². The van der Waals surface area contributed by atoms with Crippen LogP contribution in [0.4, 0.5) is 0 Å². The second-order valence-electron chi connectivity index (χ2n) is 11.2. The molecule has 2 heterocycles. The first-order valence-corrected chi connectivity index (χ1v) is 13.1. The summed E-state index contributed by atoms with van der Waals surface area (Å²) in [6, 6.07) is 8.11. The van der Waals surface area contributed by atoms with Crippen LogP contribution in [0.25, 0.3) is 0 Å². The molecule has 1 saturated heterocycles. The van der Waals surface area contributed by atoms with Gasteiger partial charge in [-0.15, -0.1) is 5.10 Å². The molecule has 0 bridgehead atoms. The van der Waals surface area contributed by atoms with Crippen LogP contribution >= 0.6 is 0 Å². The molecule has 1 saturated carbocycles. The van der Waals surface area contributed by atoms with E-state index in [0.29, 0.717) is 19.0 Å². The van der Waals surface area contributed by atoms with E-state index in [0.717, 1.165) is 24.1 Å². The van der Waals surface area contributed by atoms with Crippen molar-refractivity contribution in [2.24, 2.45) is 5.41 Å². The van der Waals surface area contributed by atoms with Gasteiger partial charge in [-0.05, 0) is 30.7 Å². The van der Waals surface area contributed by atoms with Gasteiger partial charge in [0.05, 0.1) is 18.3 Å². The highest BCUT2D eigenvalue weighted by Crippen LogP contribution is 2.40. The summed E-state index contributed by atoms with van der Waals surface area (Å²) in [5.74, 6) is -0.543. The van der Waals surface area contributed by atoms with E-state index in [1.807, 2.05) is 64.2 Å². The van der Waals surface area contributed by atoms with Gasteiger partial charge in [-0.2, -0.15) is 0 Å². The summed E-state index contributed by atoms with van der Waals surface area (Å²) in [6.07, 6.45) is 3.28. The van der Waals surface area contributed by atoms with Gasteiger partial charge in [-0.3, -0.25) is 14.4 Å². The van der Waals surface area contributed by atoms with Gasteiger partial charge >= 0.3 is 0 Å². The van der Waals surface area contributed by atoms with Gasteiger partial charge in [0.1, 0.15) is 12.1 Å². The predicted molar refractivity (Wildman–Crippen MR) is 137 cm³/mol. The van der Waals surface area contributed by atoms with E-state index < -0.39 is 29.5 Å². The number of rotatable bonds is 9. The lowest BCUT2D eigenvalue weighted by molar-refractivity contribution is -0.144. The highest BCUT2D eigenvalue weighted by molar-refractivity contribution is 5.92. The highest BCUT2D eigenvalue weighted by atomic mass is 16.3. The van der Waals surface area contributed by atoms with Gasteiger partial charge in [0.2, 0.25) is 17.7 Å². The highest BCUT2D eigenvalue weighted by Gasteiger charge is 2.45. The molecule has 2 unspecified atom stereocenters. The minimum Gasteiger partial charge on any atom is -0.391 e. The van der Waals surface area contributed by atoms with Gasteiger partial charge in [-0.1, -0.05) is 56.3 Å². The monoisotopic (exact) mass is 510 g/mol. The van der Waals surface area contributed by atoms with E-state index in [1.54, 1.807) is 9.58 Å². The molecule has 1 aliphatic carbocycles. The van der Waals surface area contributed by atoms with Crippen molar-refractivity contribution in [1.29, 1.82) is 0 Å². The third-order valence-electron chi connectivity index (χ3n) is 7.07. The Kier molecular flexibility index (Phi) is 7.96. The van der Waals surface area contributed by atoms with Gasteiger partial charge < -0.3 is 20.2 Å². The number of β-amino-alcohol motifs (C(OH)–C–C–N with tert-alkyl or cyclic N) is 1. The van der Waals surface area contributed by atoms with Gasteiger partial charge in [-0.25, -0.2) is 4.68 Å². The van der Waals surface area contributed by atoms with E-state index in [4.69, 9.17) is 0 Å². The normalized spacial score (nSPS) is 20.5. The van der Waals surface area contributed by atoms with E-state index >= 15 is 0 Å². The minimum absolute atomic E-state index is 0.0523. The maximum Gasteiger partial charge on any atom is 0.248 e. The number of hydrogen-bond acceptors (Lipinski definition) is 6. The topological polar surface area (TPSA) is 121 Å². The third kappa shape index (κ3) is 6.36. The Morgan fingerprint density at radius 3 is 2.51 bits per heavy atom. The van der Waals surface area contributed by atoms with Crippen LogP contribution in [0.3, 0.4) is 0 Å². The fourth-order valence-electron chi connectivity index (χ4n) is 4.90. The summed E-state index contributed by atoms with van der Waals surface area (Å²) in [7, 11) is 0. The zero-order valence-electron chi connectivity index (χ0n) is 22.1. The second kappa shape index (κ2) is 11.0. The lowest BCUT2D eigenvalue weighted by Crippen LogP contribution is -2.51. The van der Waals surface area contributed by atoms with Crippen molar-refractivity contribution < 1.29 is 19.5 Å². The Hall–Kier alpha value is -3.27. The predicted octanol–water partition coefficient (Wildman–Crippen LogP) is 1.87. The number of aliphatic hydroxyl groups is 1. The average molecular weight is 511 g/mol. The van der Waals surface area contributed by atoms with Crippen molar-refractivity contribution in [2.75, 3.05) is 19.6 Å². The fourth-order valence-corrected chi connectivity index (χ4v) is 4.90. The number of likely N-dealkylation sites (tertiary alicyclic amines) is 1. The Balaban J connectivity index is 1.43. The number of nitrogens with zero attached hydrogens (tertiary/aromatic N) is 5. The standard InChI is InChI=1S/C27H38N6O4/c1-5-31(15-18-9-7-6-8-10-18)23(35)14-28-25(36)22-13-20(34)16-32(22)26(37)24(27(2,3)4)33-17-21(29-30-33)19-11-12-19/h6-10,17,19-20,22,24,34H,5,11-16H2,1-4H3,(H,28,36)/t20?,22?,24-/m1/s1. The van der Waals surface area contributed by atoms with Crippen molar-refractivity contribution in [1.82, 2.24) is 30.1 Å². The zero-order valence-corrected chi connectivity index (χ0v) is 22.1. The van der Waals surface area contributed by atoms with E-state index in [-0.39, 0.29) is 31.3 Å². The summed E-state index contributed by atoms with van der Waals surface area (Å²) in [5.41, 5.74) is 1.38. The number of amides is 3. The molecule has 0 spiro atoms. The number of nitrogens with one attached hydrogen (secondary N) is 1. The van der Waals surface area contributed by atoms with Crippen LogP contribution in [0.5, 0.6) is 0 Å². The molecule has 10 nitrogen and oxygen atoms in total. The number of aromatic nitrogens is 3. The van der Waals surface area contributed by atoms with Crippen molar-refractivity contribution in [3.63, 3.8) is 0 Å². The Bertz CT molecular complexity index is 1110. The molecule has 3 amide bonds. The third-order valence-corrected chi connectivity index (χ3v) is 7.07. The largest absolute Gasteiger partial charge is 0.391 e. The first-order chi connectivity index (χ1) is 17.6. The molecule has 0 radical (unpaired) electrons. The van der Waals surface area contributed by atoms with Crippen LogP contribution in [0.1, 0.15) is 70.2 Å². The number of hydrogen-bond donors (Lipinski definition) is 2. The molecule has 200 valence electrons. The van der Waals surface area contributed by atoms with Crippen LogP contribution in [0.15, 0.2) is 36.5 Å². The SMILES string of the molecule is CCN(Cc1ccccc1)C(=O)CNC(=O)C1CC(O)CN1C(=O)[C@@H](n1cc(C2CC2)nn1)C(C)(C)C. The molecule has 1 aromatic carbocycles. The quantitative estimate of drug-likeness (QED) is 0.531. The minimum atomic E-state index is -0.865. The molecule has 37 heavy (non-hydrogen) atoms. The molecule has 2 fully saturated rings. The lowest BCUT2D eigenvalue weighted by Gasteiger charge is -2.34. The molecule has 1 aromatic heterocycles. The van der Waals surface area contributed by atoms with Gasteiger partial charge in [0.25, 0.3) is 0 Å². The fraction of sp³-hybridized carbons (Fsp3) is 0.593. The summed E-state index contributed by atoms with van der Waals surface area (Å²) in [5, 5.41) is 21.6. The number of benzene rings is 1. The molecule has 1 aliphatic heterocycles. The maximum absolute atomic E-state index is 13.8. The molecule has 4 rings (SSSR count). The first kappa shape index (κ1) is 26.8. The summed E-state index contributed by atoms with van der Waals surface area (Å²) in [4.78, 5) is 42.9. The summed E-state index contributed by atoms with van der Waals surface area (Å²) in [6.45, 7) is 8.56. The van der Waals surface area contributed by atoms with E-state index in [2.05, 4.69) is 15.6 Å². The van der Waals surface area contributed by atoms with Crippen molar-refractivity contribution in [3.05, 3.63) is 47.8 Å². The maximum atomic E-state index is 13.8. The van der Waals surface area contributed by atoms with Crippen molar-refractivity contribution >= 4 is 17.7 Å². The van der Waals surface area contributed by atoms with Crippen molar-refractivity contribution in [2.45, 2.75) is 77.6 Å². The molecule has 3 atom stereocenters. The van der Waals surface area contributed by atoms with E-state index in [9.17, 15) is 19.5 Å². The average Bonchev–Trinajstić information content (AvgIpc) is 3.47. The smallest absolute Gasteiger partial charge is 0.248 e. The number of carbonyl (C=O) groups is 3. The summed E-state index contributed by atoms with van der Waals surface area (Å²) < 4.78 is 1.60. The first-order valence-electron chi connectivity index (χ1n) is 13.1. The molecule has 2 aliphatic rings. The van der Waals surface area contributed by atoms with Crippen LogP contribution < -0.4 is 5.32 Å². The Morgan fingerprint density at radius 2 is 1.89 bits per heavy atom. The van der Waals surface area contributed by atoms with Crippen LogP contribution in [0.2, 0.25) is 0 Å². The lowest BCUT2D eigenvalue weighted by atomic mass is 9.85. The zero-order chi connectivity index (χ0) is 26.7. The Morgan fingerprint density at radius 1 is 1.19 bits per heavy atom. The van der Waals surface area contributed by atoms with Crippen LogP contribution in [-0.2, 0) is 20.9 Å². The van der Waals surface area contributed by atoms with Crippen LogP contribution in [-0.4, -0.2) is 79.4 Å². The molecule has 10 heteroatoms. The number of likely N-dealkylation sites (N-methyl/N-ethyl adjacent to an activating group) is 1. The van der Waals surface area contributed by atoms with Crippen LogP contribution in [0, 0.1) is 5.41 Å².